The van der Waals surface area contributed by atoms with Gasteiger partial charge in [0.1, 0.15) is 11.6 Å². The predicted molar refractivity (Wildman–Crippen MR) is 88.7 cm³/mol. The van der Waals surface area contributed by atoms with Crippen LogP contribution in [0.4, 0.5) is 4.39 Å². The zero-order valence-corrected chi connectivity index (χ0v) is 14.4. The van der Waals surface area contributed by atoms with Crippen LogP contribution in [0.15, 0.2) is 18.2 Å². The zero-order chi connectivity index (χ0) is 17.4. The molecule has 4 rings (SSSR count). The number of carbonyl (C=O) groups excluding carboxylic acids is 1. The largest absolute Gasteiger partial charge is 0.493 e. The van der Waals surface area contributed by atoms with Crippen molar-refractivity contribution in [3.05, 3.63) is 29.6 Å². The van der Waals surface area contributed by atoms with Crippen molar-refractivity contribution in [2.45, 2.75) is 18.9 Å². The molecule has 136 valence electrons. The highest BCUT2D eigenvalue weighted by atomic mass is 19.1. The van der Waals surface area contributed by atoms with E-state index in [0.29, 0.717) is 38.7 Å². The summed E-state index contributed by atoms with van der Waals surface area (Å²) < 4.78 is 30.5. The Labute approximate surface area is 147 Å². The lowest BCUT2D eigenvalue weighted by atomic mass is 9.85. The summed E-state index contributed by atoms with van der Waals surface area (Å²) in [7, 11) is 1.68. The highest BCUT2D eigenvalue weighted by Gasteiger charge is 2.49. The average molecular weight is 349 g/mol. The standard InChI is InChI=1S/C19H24FNO4/c1-23-10-13-9-21(19(22)12-4-6-24-7-5-12)18-15-8-14(20)2-3-17(15)25-11-16(13)18/h2-3,8,12-13,16,18H,4-7,9-11H2,1H3/t13-,16-,18-/m0/s1. The molecule has 0 N–H and O–H groups in total. The minimum Gasteiger partial charge on any atom is -0.493 e. The van der Waals surface area contributed by atoms with Crippen molar-refractivity contribution in [2.24, 2.45) is 17.8 Å². The number of methoxy groups -OCH3 is 1. The summed E-state index contributed by atoms with van der Waals surface area (Å²) in [6, 6.07) is 4.47. The summed E-state index contributed by atoms with van der Waals surface area (Å²) in [5.41, 5.74) is 0.787. The van der Waals surface area contributed by atoms with Crippen LogP contribution in [-0.2, 0) is 14.3 Å². The van der Waals surface area contributed by atoms with Crippen LogP contribution in [0.25, 0.3) is 0 Å². The Morgan fingerprint density at radius 2 is 2.16 bits per heavy atom. The number of rotatable bonds is 3. The molecule has 2 fully saturated rings. The molecule has 0 aromatic heterocycles. The second-order valence-corrected chi connectivity index (χ2v) is 7.19. The molecule has 25 heavy (non-hydrogen) atoms. The second-order valence-electron chi connectivity index (χ2n) is 7.19. The number of carbonyl (C=O) groups is 1. The molecule has 5 nitrogen and oxygen atoms in total. The number of ether oxygens (including phenoxy) is 3. The normalized spacial score (nSPS) is 29.0. The highest BCUT2D eigenvalue weighted by Crippen LogP contribution is 2.48. The van der Waals surface area contributed by atoms with Gasteiger partial charge in [-0.15, -0.1) is 0 Å². The predicted octanol–water partition coefficient (Wildman–Crippen LogP) is 2.41. The quantitative estimate of drug-likeness (QED) is 0.841. The van der Waals surface area contributed by atoms with Gasteiger partial charge in [-0.05, 0) is 31.0 Å². The lowest BCUT2D eigenvalue weighted by molar-refractivity contribution is -0.140. The molecule has 0 saturated carbocycles. The summed E-state index contributed by atoms with van der Waals surface area (Å²) in [5.74, 6) is 0.889. The van der Waals surface area contributed by atoms with Crippen molar-refractivity contribution in [1.82, 2.24) is 4.90 Å². The van der Waals surface area contributed by atoms with Gasteiger partial charge in [0.25, 0.3) is 0 Å². The molecule has 1 aromatic rings. The molecule has 0 radical (unpaired) electrons. The van der Waals surface area contributed by atoms with Gasteiger partial charge in [0, 0.05) is 50.2 Å². The Morgan fingerprint density at radius 1 is 1.36 bits per heavy atom. The average Bonchev–Trinajstić information content (AvgIpc) is 3.01. The van der Waals surface area contributed by atoms with E-state index in [2.05, 4.69) is 0 Å². The van der Waals surface area contributed by atoms with Crippen LogP contribution >= 0.6 is 0 Å². The maximum atomic E-state index is 13.9. The lowest BCUT2D eigenvalue weighted by Gasteiger charge is -2.36. The van der Waals surface area contributed by atoms with Gasteiger partial charge in [-0.2, -0.15) is 0 Å². The van der Waals surface area contributed by atoms with Crippen LogP contribution < -0.4 is 4.74 Å². The van der Waals surface area contributed by atoms with Gasteiger partial charge in [-0.3, -0.25) is 4.79 Å². The Balaban J connectivity index is 1.67. The minimum absolute atomic E-state index is 0.00412. The zero-order valence-electron chi connectivity index (χ0n) is 14.4. The number of hydrogen-bond donors (Lipinski definition) is 0. The van der Waals surface area contributed by atoms with Crippen molar-refractivity contribution in [3.63, 3.8) is 0 Å². The topological polar surface area (TPSA) is 48.0 Å². The van der Waals surface area contributed by atoms with Crippen LogP contribution in [0.2, 0.25) is 0 Å². The number of nitrogens with zero attached hydrogens (tertiary/aromatic N) is 1. The molecule has 1 aromatic carbocycles. The van der Waals surface area contributed by atoms with Crippen LogP contribution in [-0.4, -0.2) is 50.9 Å². The fraction of sp³-hybridized carbons (Fsp3) is 0.632. The van der Waals surface area contributed by atoms with Gasteiger partial charge in [0.05, 0.1) is 19.3 Å². The van der Waals surface area contributed by atoms with E-state index in [-0.39, 0.29) is 35.5 Å². The van der Waals surface area contributed by atoms with Crippen LogP contribution in [0.1, 0.15) is 24.4 Å². The molecule has 0 unspecified atom stereocenters. The first-order valence-corrected chi connectivity index (χ1v) is 8.98. The molecule has 3 atom stereocenters. The number of hydrogen-bond acceptors (Lipinski definition) is 4. The molecule has 0 aliphatic carbocycles. The van der Waals surface area contributed by atoms with E-state index in [9.17, 15) is 9.18 Å². The third kappa shape index (κ3) is 3.02. The molecular formula is C19H24FNO4. The van der Waals surface area contributed by atoms with Crippen LogP contribution in [0.5, 0.6) is 5.75 Å². The Morgan fingerprint density at radius 3 is 2.92 bits per heavy atom. The first-order chi connectivity index (χ1) is 12.2. The molecule has 1 amide bonds. The Hall–Kier alpha value is -1.66. The third-order valence-electron chi connectivity index (χ3n) is 5.73. The highest BCUT2D eigenvalue weighted by molar-refractivity contribution is 5.80. The second kappa shape index (κ2) is 6.92. The van der Waals surface area contributed by atoms with E-state index in [1.807, 2.05) is 4.90 Å². The first-order valence-electron chi connectivity index (χ1n) is 8.98. The van der Waals surface area contributed by atoms with E-state index in [4.69, 9.17) is 14.2 Å². The third-order valence-corrected chi connectivity index (χ3v) is 5.73. The van der Waals surface area contributed by atoms with E-state index in [0.717, 1.165) is 18.4 Å². The van der Waals surface area contributed by atoms with Crippen molar-refractivity contribution in [1.29, 1.82) is 0 Å². The number of benzene rings is 1. The number of fused-ring (bicyclic) bond motifs is 3. The Bertz CT molecular complexity index is 646. The van der Waals surface area contributed by atoms with Crippen molar-refractivity contribution < 1.29 is 23.4 Å². The Kier molecular flexibility index (Phi) is 4.65. The van der Waals surface area contributed by atoms with Gasteiger partial charge in [-0.1, -0.05) is 0 Å². The molecule has 0 bridgehead atoms. The fourth-order valence-corrected chi connectivity index (χ4v) is 4.48. The summed E-state index contributed by atoms with van der Waals surface area (Å²) in [5, 5.41) is 0. The van der Waals surface area contributed by atoms with Gasteiger partial charge in [0.2, 0.25) is 5.91 Å². The molecule has 3 aliphatic heterocycles. The summed E-state index contributed by atoms with van der Waals surface area (Å²) in [6.07, 6.45) is 1.52. The fourth-order valence-electron chi connectivity index (χ4n) is 4.48. The SMILES string of the molecule is COC[C@@H]1CN(C(=O)C2CCOCC2)[C@H]2c3cc(F)ccc3OC[C@@H]12. The van der Waals surface area contributed by atoms with Crippen molar-refractivity contribution in [2.75, 3.05) is 40.1 Å². The van der Waals surface area contributed by atoms with E-state index in [1.54, 1.807) is 13.2 Å². The summed E-state index contributed by atoms with van der Waals surface area (Å²) >= 11 is 0. The summed E-state index contributed by atoms with van der Waals surface area (Å²) in [4.78, 5) is 15.1. The van der Waals surface area contributed by atoms with Crippen molar-refractivity contribution in [3.8, 4) is 5.75 Å². The lowest BCUT2D eigenvalue weighted by Crippen LogP contribution is -2.40. The van der Waals surface area contributed by atoms with Gasteiger partial charge >= 0.3 is 0 Å². The molecule has 6 heteroatoms. The molecule has 3 aliphatic rings. The monoisotopic (exact) mass is 349 g/mol. The first kappa shape index (κ1) is 16.8. The van der Waals surface area contributed by atoms with E-state index in [1.165, 1.54) is 12.1 Å². The summed E-state index contributed by atoms with van der Waals surface area (Å²) in [6.45, 7) is 3.02. The van der Waals surface area contributed by atoms with Crippen LogP contribution in [0.3, 0.4) is 0 Å². The van der Waals surface area contributed by atoms with E-state index >= 15 is 0 Å². The van der Waals surface area contributed by atoms with Gasteiger partial charge in [-0.25, -0.2) is 4.39 Å². The van der Waals surface area contributed by atoms with Crippen molar-refractivity contribution >= 4 is 5.91 Å². The number of amides is 1. The maximum absolute atomic E-state index is 13.9. The smallest absolute Gasteiger partial charge is 0.226 e. The molecule has 2 saturated heterocycles. The molecule has 0 spiro atoms. The van der Waals surface area contributed by atoms with Gasteiger partial charge in [0.15, 0.2) is 0 Å². The minimum atomic E-state index is -0.295. The van der Waals surface area contributed by atoms with Gasteiger partial charge < -0.3 is 19.1 Å². The van der Waals surface area contributed by atoms with E-state index < -0.39 is 0 Å². The number of halogens is 1. The molecular weight excluding hydrogens is 325 g/mol. The number of likely N-dealkylation sites (tertiary alicyclic amines) is 1. The van der Waals surface area contributed by atoms with Crippen LogP contribution in [0, 0.1) is 23.6 Å². The maximum Gasteiger partial charge on any atom is 0.226 e. The molecule has 3 heterocycles.